The number of ketones is 1. The van der Waals surface area contributed by atoms with E-state index in [9.17, 15) is 14.4 Å². The fraction of sp³-hybridized carbons (Fsp3) is 0.444. The maximum absolute atomic E-state index is 11.3. The summed E-state index contributed by atoms with van der Waals surface area (Å²) in [7, 11) is 0. The maximum Gasteiger partial charge on any atom is 0.332 e. The van der Waals surface area contributed by atoms with Crippen molar-refractivity contribution in [3.05, 3.63) is 0 Å². The standard InChI is InChI=1S/C9H13N5O4S/c10-2-6(19-4-7(11)8(16)17)1-5(15)3-13-14-9(12)18/h3,6-7H,1,4,11H2,(H,16,17)(H3,12,14,18)/b13-3-/t6-,7+/m0/s1. The molecule has 0 aromatic carbocycles. The van der Waals surface area contributed by atoms with Gasteiger partial charge in [0.15, 0.2) is 5.78 Å². The SMILES string of the molecule is N#C[C@H](CC(=O)/C=N\NC(N)=O)SC[C@@H](N)C(=O)O. The molecule has 0 rings (SSSR count). The molecule has 0 radical (unpaired) electrons. The average Bonchev–Trinajstić information content (AvgIpc) is 2.33. The lowest BCUT2D eigenvalue weighted by molar-refractivity contribution is -0.137. The Morgan fingerprint density at radius 2 is 2.16 bits per heavy atom. The van der Waals surface area contributed by atoms with Gasteiger partial charge in [0.2, 0.25) is 0 Å². The molecule has 0 saturated carbocycles. The van der Waals surface area contributed by atoms with Crippen molar-refractivity contribution in [2.75, 3.05) is 5.75 Å². The Morgan fingerprint density at radius 1 is 1.53 bits per heavy atom. The van der Waals surface area contributed by atoms with Crippen LogP contribution in [0.1, 0.15) is 6.42 Å². The van der Waals surface area contributed by atoms with Gasteiger partial charge in [0.05, 0.1) is 17.5 Å². The number of amides is 2. The van der Waals surface area contributed by atoms with Crippen LogP contribution in [0.5, 0.6) is 0 Å². The molecule has 2 amide bonds. The smallest absolute Gasteiger partial charge is 0.332 e. The number of nitrogens with zero attached hydrogens (tertiary/aromatic N) is 2. The summed E-state index contributed by atoms with van der Waals surface area (Å²) < 4.78 is 0. The number of carbonyl (C=O) groups excluding carboxylic acids is 2. The minimum atomic E-state index is -1.18. The van der Waals surface area contributed by atoms with Gasteiger partial charge in [-0.3, -0.25) is 9.59 Å². The predicted octanol–water partition coefficient (Wildman–Crippen LogP) is -1.36. The summed E-state index contributed by atoms with van der Waals surface area (Å²) in [4.78, 5) is 32.0. The largest absolute Gasteiger partial charge is 0.480 e. The van der Waals surface area contributed by atoms with E-state index in [-0.39, 0.29) is 12.2 Å². The molecule has 6 N–H and O–H groups in total. The minimum absolute atomic E-state index is 0.0114. The van der Waals surface area contributed by atoms with Crippen LogP contribution < -0.4 is 16.9 Å². The zero-order valence-corrected chi connectivity index (χ0v) is 10.6. The van der Waals surface area contributed by atoms with Crippen molar-refractivity contribution in [2.24, 2.45) is 16.6 Å². The number of aliphatic carboxylic acids is 1. The van der Waals surface area contributed by atoms with E-state index in [0.717, 1.165) is 18.0 Å². The van der Waals surface area contributed by atoms with Gasteiger partial charge in [-0.05, 0) is 0 Å². The first kappa shape index (κ1) is 16.9. The van der Waals surface area contributed by atoms with Gasteiger partial charge in [0, 0.05) is 12.2 Å². The third kappa shape index (κ3) is 8.58. The molecule has 0 aliphatic rings. The number of rotatable bonds is 8. The summed E-state index contributed by atoms with van der Waals surface area (Å²) in [6.07, 6.45) is 0.657. The number of carboxylic acid groups (broad SMARTS) is 1. The molecular formula is C9H13N5O4S. The van der Waals surface area contributed by atoms with E-state index in [1.165, 1.54) is 0 Å². The lowest BCUT2D eigenvalue weighted by Crippen LogP contribution is -2.33. The van der Waals surface area contributed by atoms with Crippen molar-refractivity contribution < 1.29 is 19.5 Å². The van der Waals surface area contributed by atoms with Crippen LogP contribution in [0.15, 0.2) is 5.10 Å². The van der Waals surface area contributed by atoms with E-state index in [1.807, 2.05) is 11.5 Å². The molecule has 2 atom stereocenters. The molecule has 0 bridgehead atoms. The van der Waals surface area contributed by atoms with Crippen molar-refractivity contribution in [3.63, 3.8) is 0 Å². The Bertz CT molecular complexity index is 419. The number of Topliss-reactive ketones (excluding diaryl/α,β-unsaturated/α-hetero) is 1. The number of nitriles is 1. The first-order valence-electron chi connectivity index (χ1n) is 4.97. The molecule has 9 nitrogen and oxygen atoms in total. The molecule has 0 saturated heterocycles. The van der Waals surface area contributed by atoms with E-state index in [0.29, 0.717) is 0 Å². The highest BCUT2D eigenvalue weighted by atomic mass is 32.2. The van der Waals surface area contributed by atoms with E-state index in [1.54, 1.807) is 0 Å². The highest BCUT2D eigenvalue weighted by Crippen LogP contribution is 2.14. The van der Waals surface area contributed by atoms with Crippen LogP contribution in [0.4, 0.5) is 4.79 Å². The first-order chi connectivity index (χ1) is 8.86. The molecule has 0 aromatic rings. The van der Waals surface area contributed by atoms with Crippen LogP contribution in [-0.2, 0) is 9.59 Å². The number of nitrogens with two attached hydrogens (primary N) is 2. The number of carboxylic acids is 1. The van der Waals surface area contributed by atoms with E-state index >= 15 is 0 Å². The number of hydrazone groups is 1. The van der Waals surface area contributed by atoms with Gasteiger partial charge in [-0.2, -0.15) is 10.4 Å². The lowest BCUT2D eigenvalue weighted by atomic mass is 10.2. The van der Waals surface area contributed by atoms with Gasteiger partial charge < -0.3 is 16.6 Å². The normalized spacial score (nSPS) is 13.5. The van der Waals surface area contributed by atoms with Gasteiger partial charge in [0.1, 0.15) is 6.04 Å². The number of thioether (sulfide) groups is 1. The monoisotopic (exact) mass is 287 g/mol. The quantitative estimate of drug-likeness (QED) is 0.315. The fourth-order valence-corrected chi connectivity index (χ4v) is 1.78. The summed E-state index contributed by atoms with van der Waals surface area (Å²) in [5.41, 5.74) is 11.8. The highest BCUT2D eigenvalue weighted by Gasteiger charge is 2.17. The number of carbonyl (C=O) groups is 3. The lowest BCUT2D eigenvalue weighted by Gasteiger charge is -2.09. The summed E-state index contributed by atoms with van der Waals surface area (Å²) >= 11 is 0.965. The third-order valence-corrected chi connectivity index (χ3v) is 2.93. The van der Waals surface area contributed by atoms with Crippen LogP contribution in [0.25, 0.3) is 0 Å². The predicted molar refractivity (Wildman–Crippen MR) is 68.3 cm³/mol. The second kappa shape index (κ2) is 8.90. The van der Waals surface area contributed by atoms with Crippen LogP contribution in [-0.4, -0.2) is 46.1 Å². The van der Waals surface area contributed by atoms with E-state index in [2.05, 4.69) is 5.10 Å². The number of primary amides is 1. The third-order valence-electron chi connectivity index (χ3n) is 1.71. The van der Waals surface area contributed by atoms with Crippen molar-refractivity contribution >= 4 is 35.8 Å². The van der Waals surface area contributed by atoms with Crippen molar-refractivity contribution in [2.45, 2.75) is 17.7 Å². The average molecular weight is 287 g/mol. The van der Waals surface area contributed by atoms with Crippen molar-refractivity contribution in [1.82, 2.24) is 5.43 Å². The minimum Gasteiger partial charge on any atom is -0.480 e. The zero-order valence-electron chi connectivity index (χ0n) is 9.78. The van der Waals surface area contributed by atoms with Crippen LogP contribution in [0, 0.1) is 11.3 Å². The number of urea groups is 1. The topological polar surface area (TPSA) is 172 Å². The molecule has 0 unspecified atom stereocenters. The molecule has 0 aliphatic heterocycles. The van der Waals surface area contributed by atoms with E-state index in [4.69, 9.17) is 21.8 Å². The van der Waals surface area contributed by atoms with Gasteiger partial charge in [-0.15, -0.1) is 11.8 Å². The molecule has 0 aliphatic carbocycles. The molecule has 0 heterocycles. The fourth-order valence-electron chi connectivity index (χ4n) is 0.836. The first-order valence-corrected chi connectivity index (χ1v) is 6.02. The Labute approximate surface area is 113 Å². The van der Waals surface area contributed by atoms with Crippen LogP contribution in [0.3, 0.4) is 0 Å². The molecule has 19 heavy (non-hydrogen) atoms. The highest BCUT2D eigenvalue weighted by molar-refractivity contribution is 8.00. The number of nitrogens with one attached hydrogen (secondary N) is 1. The van der Waals surface area contributed by atoms with Gasteiger partial charge in [0.25, 0.3) is 0 Å². The molecule has 0 spiro atoms. The van der Waals surface area contributed by atoms with Gasteiger partial charge >= 0.3 is 12.0 Å². The Morgan fingerprint density at radius 3 is 2.63 bits per heavy atom. The summed E-state index contributed by atoms with van der Waals surface area (Å²) in [6, 6.07) is -0.164. The number of hydrogen-bond donors (Lipinski definition) is 4. The molecule has 10 heteroatoms. The van der Waals surface area contributed by atoms with Gasteiger partial charge in [-0.25, -0.2) is 10.2 Å². The second-order valence-corrected chi connectivity index (χ2v) is 4.54. The molecule has 0 aromatic heterocycles. The molecule has 0 fully saturated rings. The Balaban J connectivity index is 4.16. The second-order valence-electron chi connectivity index (χ2n) is 3.30. The van der Waals surface area contributed by atoms with Crippen LogP contribution in [0.2, 0.25) is 0 Å². The van der Waals surface area contributed by atoms with Crippen molar-refractivity contribution in [3.8, 4) is 6.07 Å². The van der Waals surface area contributed by atoms with Crippen molar-refractivity contribution in [1.29, 1.82) is 5.26 Å². The Hall–Kier alpha value is -2.12. The molecule has 104 valence electrons. The maximum atomic E-state index is 11.3. The summed E-state index contributed by atoms with van der Waals surface area (Å²) in [5.74, 6) is -1.67. The molecular weight excluding hydrogens is 274 g/mol. The van der Waals surface area contributed by atoms with E-state index < -0.39 is 29.1 Å². The van der Waals surface area contributed by atoms with Crippen LogP contribution >= 0.6 is 11.8 Å². The van der Waals surface area contributed by atoms with Gasteiger partial charge in [-0.1, -0.05) is 0 Å². The number of hydrogen-bond acceptors (Lipinski definition) is 7. The summed E-state index contributed by atoms with van der Waals surface area (Å²) in [6.45, 7) is 0. The summed E-state index contributed by atoms with van der Waals surface area (Å²) in [5, 5.41) is 19.9. The Kier molecular flexibility index (Phi) is 7.90. The zero-order chi connectivity index (χ0) is 14.8.